The van der Waals surface area contributed by atoms with Gasteiger partial charge in [0, 0.05) is 12.0 Å². The fourth-order valence-corrected chi connectivity index (χ4v) is 3.72. The fourth-order valence-electron chi connectivity index (χ4n) is 3.72. The summed E-state index contributed by atoms with van der Waals surface area (Å²) < 4.78 is 11.6. The standard InChI is InChI=1S/C20H24O4/c1-4-5-16-11-20(19(10-18(16)22)23-12-24-20)14(3)8-15-7-6-13(2)17(21)9-15/h4,6-7,9-10,14,16,21H,1,5,8,11-12H2,2-3H3/t14-,16-,20+/m0/s1. The van der Waals surface area contributed by atoms with E-state index in [1.165, 1.54) is 0 Å². The number of carbonyl (C=O) groups excluding carboxylic acids is 1. The number of aromatic hydroxyl groups is 1. The maximum Gasteiger partial charge on any atom is 0.189 e. The first-order valence-corrected chi connectivity index (χ1v) is 8.38. The van der Waals surface area contributed by atoms with Crippen LogP contribution in [-0.4, -0.2) is 23.3 Å². The lowest BCUT2D eigenvalue weighted by molar-refractivity contribution is -0.123. The molecule has 0 radical (unpaired) electrons. The van der Waals surface area contributed by atoms with Gasteiger partial charge in [-0.2, -0.15) is 0 Å². The van der Waals surface area contributed by atoms with Crippen LogP contribution in [0.3, 0.4) is 0 Å². The highest BCUT2D eigenvalue weighted by atomic mass is 16.7. The summed E-state index contributed by atoms with van der Waals surface area (Å²) in [4.78, 5) is 12.2. The molecule has 2 aliphatic rings. The largest absolute Gasteiger partial charge is 0.508 e. The van der Waals surface area contributed by atoms with Crippen LogP contribution < -0.4 is 0 Å². The van der Waals surface area contributed by atoms with Crippen molar-refractivity contribution >= 4 is 5.78 Å². The second kappa shape index (κ2) is 6.44. The summed E-state index contributed by atoms with van der Waals surface area (Å²) in [5.41, 5.74) is 1.34. The molecule has 1 aromatic rings. The Bertz CT molecular complexity index is 691. The molecule has 1 aliphatic carbocycles. The number of fused-ring (bicyclic) bond motifs is 1. The molecular formula is C20H24O4. The number of ketones is 1. The maximum absolute atomic E-state index is 12.2. The van der Waals surface area contributed by atoms with E-state index in [9.17, 15) is 9.90 Å². The molecule has 0 aromatic heterocycles. The van der Waals surface area contributed by atoms with Crippen LogP contribution in [0.25, 0.3) is 0 Å². The number of carbonyl (C=O) groups is 1. The SMILES string of the molecule is C=CC[C@H]1C[C@]2([C@@H](C)Cc3ccc(C)c(O)c3)OCOC2=CC1=O. The molecule has 128 valence electrons. The second-order valence-corrected chi connectivity index (χ2v) is 6.86. The average molecular weight is 328 g/mol. The molecule has 1 aliphatic heterocycles. The van der Waals surface area contributed by atoms with Gasteiger partial charge in [0.1, 0.15) is 17.1 Å². The first-order valence-electron chi connectivity index (χ1n) is 8.38. The Morgan fingerprint density at radius 2 is 2.29 bits per heavy atom. The molecule has 0 bridgehead atoms. The molecule has 0 amide bonds. The lowest BCUT2D eigenvalue weighted by atomic mass is 9.71. The maximum atomic E-state index is 12.2. The summed E-state index contributed by atoms with van der Waals surface area (Å²) in [5, 5.41) is 9.93. The van der Waals surface area contributed by atoms with Crippen molar-refractivity contribution < 1.29 is 19.4 Å². The second-order valence-electron chi connectivity index (χ2n) is 6.86. The first-order chi connectivity index (χ1) is 11.5. The van der Waals surface area contributed by atoms with Crippen molar-refractivity contribution in [2.45, 2.75) is 38.7 Å². The van der Waals surface area contributed by atoms with Crippen molar-refractivity contribution in [2.75, 3.05) is 6.79 Å². The number of hydrogen-bond acceptors (Lipinski definition) is 4. The highest BCUT2D eigenvalue weighted by Gasteiger charge is 2.51. The Labute approximate surface area is 142 Å². The van der Waals surface area contributed by atoms with Crippen LogP contribution >= 0.6 is 0 Å². The van der Waals surface area contributed by atoms with E-state index < -0.39 is 5.60 Å². The zero-order chi connectivity index (χ0) is 17.3. The van der Waals surface area contributed by atoms with Gasteiger partial charge in [0.25, 0.3) is 0 Å². The molecule has 1 saturated heterocycles. The van der Waals surface area contributed by atoms with E-state index in [4.69, 9.17) is 9.47 Å². The Morgan fingerprint density at radius 1 is 1.50 bits per heavy atom. The summed E-state index contributed by atoms with van der Waals surface area (Å²) >= 11 is 0. The molecule has 1 heterocycles. The molecule has 1 aromatic carbocycles. The quantitative estimate of drug-likeness (QED) is 0.838. The monoisotopic (exact) mass is 328 g/mol. The Balaban J connectivity index is 1.87. The number of rotatable bonds is 5. The molecule has 0 unspecified atom stereocenters. The number of ether oxygens (including phenoxy) is 2. The van der Waals surface area contributed by atoms with E-state index in [0.717, 1.165) is 17.5 Å². The summed E-state index contributed by atoms with van der Waals surface area (Å²) in [5.74, 6) is 1.05. The van der Waals surface area contributed by atoms with E-state index in [0.29, 0.717) is 24.4 Å². The van der Waals surface area contributed by atoms with Gasteiger partial charge >= 0.3 is 0 Å². The highest BCUT2D eigenvalue weighted by molar-refractivity contribution is 5.93. The van der Waals surface area contributed by atoms with Crippen LogP contribution in [0, 0.1) is 18.8 Å². The normalized spacial score (nSPS) is 27.2. The van der Waals surface area contributed by atoms with Crippen LogP contribution in [0.4, 0.5) is 0 Å². The van der Waals surface area contributed by atoms with Gasteiger partial charge in [-0.05, 0) is 49.3 Å². The number of phenolic OH excluding ortho intramolecular Hbond substituents is 1. The van der Waals surface area contributed by atoms with Crippen LogP contribution in [0.1, 0.15) is 30.9 Å². The van der Waals surface area contributed by atoms with E-state index in [2.05, 4.69) is 13.5 Å². The van der Waals surface area contributed by atoms with Gasteiger partial charge in [-0.1, -0.05) is 25.1 Å². The van der Waals surface area contributed by atoms with Crippen molar-refractivity contribution in [3.05, 3.63) is 53.8 Å². The number of hydrogen-bond donors (Lipinski definition) is 1. The fraction of sp³-hybridized carbons (Fsp3) is 0.450. The van der Waals surface area contributed by atoms with E-state index in [1.54, 1.807) is 18.2 Å². The van der Waals surface area contributed by atoms with Crippen molar-refractivity contribution in [1.82, 2.24) is 0 Å². The summed E-state index contributed by atoms with van der Waals surface area (Å²) in [7, 11) is 0. The smallest absolute Gasteiger partial charge is 0.189 e. The zero-order valence-corrected chi connectivity index (χ0v) is 14.2. The molecule has 4 nitrogen and oxygen atoms in total. The van der Waals surface area contributed by atoms with Gasteiger partial charge in [-0.3, -0.25) is 4.79 Å². The van der Waals surface area contributed by atoms with E-state index in [-0.39, 0.29) is 24.4 Å². The third-order valence-electron chi connectivity index (χ3n) is 5.24. The van der Waals surface area contributed by atoms with Gasteiger partial charge in [0.15, 0.2) is 12.6 Å². The number of benzene rings is 1. The average Bonchev–Trinajstić information content (AvgIpc) is 2.95. The van der Waals surface area contributed by atoms with Crippen LogP contribution in [0.2, 0.25) is 0 Å². The summed E-state index contributed by atoms with van der Waals surface area (Å²) in [6, 6.07) is 5.75. The Kier molecular flexibility index (Phi) is 4.50. The summed E-state index contributed by atoms with van der Waals surface area (Å²) in [6.07, 6.45) is 5.39. The van der Waals surface area contributed by atoms with Crippen LogP contribution in [-0.2, 0) is 20.7 Å². The first kappa shape index (κ1) is 16.8. The van der Waals surface area contributed by atoms with Gasteiger partial charge < -0.3 is 14.6 Å². The molecule has 3 atom stereocenters. The lowest BCUT2D eigenvalue weighted by Crippen LogP contribution is -2.44. The van der Waals surface area contributed by atoms with Crippen molar-refractivity contribution in [2.24, 2.45) is 11.8 Å². The third kappa shape index (κ3) is 2.86. The van der Waals surface area contributed by atoms with Gasteiger partial charge in [0.05, 0.1) is 0 Å². The molecule has 0 saturated carbocycles. The van der Waals surface area contributed by atoms with Crippen molar-refractivity contribution in [1.29, 1.82) is 0 Å². The number of aryl methyl sites for hydroxylation is 1. The van der Waals surface area contributed by atoms with Gasteiger partial charge in [-0.15, -0.1) is 6.58 Å². The molecule has 4 heteroatoms. The Hall–Kier alpha value is -2.07. The molecule has 0 spiro atoms. The van der Waals surface area contributed by atoms with Crippen molar-refractivity contribution in [3.8, 4) is 5.75 Å². The van der Waals surface area contributed by atoms with E-state index >= 15 is 0 Å². The number of allylic oxidation sites excluding steroid dienone is 2. The minimum Gasteiger partial charge on any atom is -0.508 e. The lowest BCUT2D eigenvalue weighted by Gasteiger charge is -2.38. The highest BCUT2D eigenvalue weighted by Crippen LogP contribution is 2.46. The zero-order valence-electron chi connectivity index (χ0n) is 14.2. The molecular weight excluding hydrogens is 304 g/mol. The van der Waals surface area contributed by atoms with Crippen LogP contribution in [0.5, 0.6) is 5.75 Å². The molecule has 1 fully saturated rings. The molecule has 24 heavy (non-hydrogen) atoms. The summed E-state index contributed by atoms with van der Waals surface area (Å²) in [6.45, 7) is 7.93. The van der Waals surface area contributed by atoms with Crippen LogP contribution in [0.15, 0.2) is 42.7 Å². The third-order valence-corrected chi connectivity index (χ3v) is 5.24. The van der Waals surface area contributed by atoms with Gasteiger partial charge in [0.2, 0.25) is 0 Å². The molecule has 1 N–H and O–H groups in total. The van der Waals surface area contributed by atoms with E-state index in [1.807, 2.05) is 19.1 Å². The predicted molar refractivity (Wildman–Crippen MR) is 91.5 cm³/mol. The topological polar surface area (TPSA) is 55.8 Å². The Morgan fingerprint density at radius 3 is 3.00 bits per heavy atom. The van der Waals surface area contributed by atoms with Gasteiger partial charge in [-0.25, -0.2) is 0 Å². The molecule has 3 rings (SSSR count). The number of phenols is 1. The minimum atomic E-state index is -0.567. The predicted octanol–water partition coefficient (Wildman–Crippen LogP) is 3.67. The minimum absolute atomic E-state index is 0.0891. The van der Waals surface area contributed by atoms with Crippen molar-refractivity contribution in [3.63, 3.8) is 0 Å².